The number of aliphatic hydroxyl groups excluding tert-OH is 1. The molecule has 11 heavy (non-hydrogen) atoms. The number of rotatable bonds is 3. The van der Waals surface area contributed by atoms with Gasteiger partial charge in [-0.3, -0.25) is 4.79 Å². The molecule has 0 aromatic carbocycles. The van der Waals surface area contributed by atoms with Gasteiger partial charge in [0.1, 0.15) is 6.29 Å². The molecule has 0 aliphatic rings. The quantitative estimate of drug-likeness (QED) is 0.291. The fourth-order valence-corrected chi connectivity index (χ4v) is 0.636. The van der Waals surface area contributed by atoms with Crippen molar-refractivity contribution in [1.29, 1.82) is 0 Å². The Morgan fingerprint density at radius 3 is 2.36 bits per heavy atom. The first-order valence-electron chi connectivity index (χ1n) is 3.32. The molecule has 0 atom stereocenters. The topological polar surface area (TPSA) is 37.3 Å². The second-order valence-corrected chi connectivity index (χ2v) is 2.26. The summed E-state index contributed by atoms with van der Waals surface area (Å²) < 4.78 is 0. The molecular weight excluding hydrogens is 140 g/mol. The van der Waals surface area contributed by atoms with Gasteiger partial charge in [-0.15, -0.1) is 0 Å². The molecule has 2 nitrogen and oxygen atoms in total. The number of hydrogen-bond acceptors (Lipinski definition) is 2. The van der Waals surface area contributed by atoms with E-state index >= 15 is 0 Å². The Morgan fingerprint density at radius 1 is 1.27 bits per heavy atom. The lowest BCUT2D eigenvalue weighted by Crippen LogP contribution is -1.73. The van der Waals surface area contributed by atoms with Gasteiger partial charge >= 0.3 is 0 Å². The minimum atomic E-state index is 0.718. The first-order chi connectivity index (χ1) is 5.20. The van der Waals surface area contributed by atoms with Crippen LogP contribution >= 0.6 is 0 Å². The van der Waals surface area contributed by atoms with Gasteiger partial charge in [-0.05, 0) is 25.5 Å². The third kappa shape index (κ3) is 5.15. The normalized spacial score (nSPS) is 14.0. The van der Waals surface area contributed by atoms with Gasteiger partial charge in [-0.2, -0.15) is 0 Å². The van der Waals surface area contributed by atoms with Crippen molar-refractivity contribution in [2.75, 3.05) is 0 Å². The maximum atomic E-state index is 9.89. The van der Waals surface area contributed by atoms with Crippen LogP contribution in [0.4, 0.5) is 0 Å². The maximum Gasteiger partial charge on any atom is 0.142 e. The van der Waals surface area contributed by atoms with Gasteiger partial charge in [0.25, 0.3) is 0 Å². The predicted molar refractivity (Wildman–Crippen MR) is 45.3 cm³/mol. The number of hydrogen-bond donors (Lipinski definition) is 1. The molecule has 1 N–H and O–H groups in total. The third-order valence-electron chi connectivity index (χ3n) is 1.10. The summed E-state index contributed by atoms with van der Waals surface area (Å²) in [4.78, 5) is 9.89. The lowest BCUT2D eigenvalue weighted by Gasteiger charge is -1.90. The van der Waals surface area contributed by atoms with E-state index in [1.807, 2.05) is 6.92 Å². The summed E-state index contributed by atoms with van der Waals surface area (Å²) in [5.41, 5.74) is 1.69. The minimum absolute atomic E-state index is 0.718. The van der Waals surface area contributed by atoms with E-state index in [4.69, 9.17) is 5.11 Å². The van der Waals surface area contributed by atoms with E-state index in [1.54, 1.807) is 19.1 Å². The van der Waals surface area contributed by atoms with E-state index in [0.717, 1.165) is 23.7 Å². The maximum absolute atomic E-state index is 9.89. The highest BCUT2D eigenvalue weighted by atomic mass is 16.2. The Hall–Kier alpha value is -1.31. The van der Waals surface area contributed by atoms with Crippen LogP contribution in [0.25, 0.3) is 0 Å². The van der Waals surface area contributed by atoms with Crippen molar-refractivity contribution in [3.63, 3.8) is 0 Å². The van der Waals surface area contributed by atoms with Crippen molar-refractivity contribution in [3.05, 3.63) is 35.6 Å². The number of allylic oxidation sites excluding steroid dienone is 5. The SMILES string of the molecule is CC(=CO)C=C(C)C=CC=O. The largest absolute Gasteiger partial charge is 0.515 e. The van der Waals surface area contributed by atoms with Gasteiger partial charge in [-0.25, -0.2) is 0 Å². The average Bonchev–Trinajstić information content (AvgIpc) is 2.00. The van der Waals surface area contributed by atoms with E-state index in [9.17, 15) is 4.79 Å². The molecule has 0 aromatic rings. The smallest absolute Gasteiger partial charge is 0.142 e. The molecule has 0 aliphatic carbocycles. The van der Waals surface area contributed by atoms with Gasteiger partial charge in [0, 0.05) is 0 Å². The number of aliphatic hydroxyl groups is 1. The van der Waals surface area contributed by atoms with Crippen LogP contribution in [0.1, 0.15) is 13.8 Å². The van der Waals surface area contributed by atoms with Gasteiger partial charge in [0.2, 0.25) is 0 Å². The molecule has 0 aromatic heterocycles. The van der Waals surface area contributed by atoms with Crippen LogP contribution in [0.3, 0.4) is 0 Å². The molecule has 2 heteroatoms. The highest BCUT2D eigenvalue weighted by Gasteiger charge is 1.83. The third-order valence-corrected chi connectivity index (χ3v) is 1.10. The molecule has 0 rings (SSSR count). The number of carbonyl (C=O) groups excluding carboxylic acids is 1. The van der Waals surface area contributed by atoms with Crippen LogP contribution in [-0.2, 0) is 4.79 Å². The Bertz CT molecular complexity index is 210. The van der Waals surface area contributed by atoms with E-state index < -0.39 is 0 Å². The summed E-state index contributed by atoms with van der Waals surface area (Å²) in [5, 5.41) is 8.51. The second kappa shape index (κ2) is 5.47. The zero-order valence-electron chi connectivity index (χ0n) is 6.74. The summed E-state index contributed by atoms with van der Waals surface area (Å²) >= 11 is 0. The summed E-state index contributed by atoms with van der Waals surface area (Å²) in [7, 11) is 0. The van der Waals surface area contributed by atoms with Crippen LogP contribution < -0.4 is 0 Å². The molecular formula is C9H12O2. The molecule has 0 heterocycles. The second-order valence-electron chi connectivity index (χ2n) is 2.26. The highest BCUT2D eigenvalue weighted by molar-refractivity contribution is 5.65. The molecule has 0 bridgehead atoms. The zero-order valence-corrected chi connectivity index (χ0v) is 6.74. The zero-order chi connectivity index (χ0) is 8.69. The fraction of sp³-hybridized carbons (Fsp3) is 0.222. The van der Waals surface area contributed by atoms with Gasteiger partial charge in [0.15, 0.2) is 0 Å². The van der Waals surface area contributed by atoms with Crippen LogP contribution in [0, 0.1) is 0 Å². The van der Waals surface area contributed by atoms with E-state index in [1.165, 1.54) is 6.08 Å². The Kier molecular flexibility index (Phi) is 4.82. The van der Waals surface area contributed by atoms with Crippen LogP contribution in [0.2, 0.25) is 0 Å². The molecule has 0 aliphatic heterocycles. The molecule has 0 unspecified atom stereocenters. The van der Waals surface area contributed by atoms with Gasteiger partial charge < -0.3 is 5.11 Å². The molecule has 0 fully saturated rings. The Labute approximate surface area is 66.5 Å². The standard InChI is InChI=1S/C9H12O2/c1-8(4-3-5-10)6-9(2)7-11/h3-7,11H,1-2H3. The van der Waals surface area contributed by atoms with Crippen LogP contribution in [-0.4, -0.2) is 11.4 Å². The van der Waals surface area contributed by atoms with Gasteiger partial charge in [-0.1, -0.05) is 17.7 Å². The van der Waals surface area contributed by atoms with Gasteiger partial charge in [0.05, 0.1) is 6.26 Å². The van der Waals surface area contributed by atoms with Crippen molar-refractivity contribution in [1.82, 2.24) is 0 Å². The van der Waals surface area contributed by atoms with Crippen LogP contribution in [0.15, 0.2) is 35.6 Å². The molecule has 0 amide bonds. The van der Waals surface area contributed by atoms with E-state index in [-0.39, 0.29) is 0 Å². The lowest BCUT2D eigenvalue weighted by atomic mass is 10.2. The van der Waals surface area contributed by atoms with Crippen molar-refractivity contribution >= 4 is 6.29 Å². The molecule has 60 valence electrons. The van der Waals surface area contributed by atoms with Crippen molar-refractivity contribution in [2.24, 2.45) is 0 Å². The van der Waals surface area contributed by atoms with Crippen molar-refractivity contribution in [3.8, 4) is 0 Å². The summed E-state index contributed by atoms with van der Waals surface area (Å²) in [6.45, 7) is 3.63. The minimum Gasteiger partial charge on any atom is -0.515 e. The Morgan fingerprint density at radius 2 is 1.91 bits per heavy atom. The average molecular weight is 152 g/mol. The molecule has 0 saturated heterocycles. The van der Waals surface area contributed by atoms with E-state index in [0.29, 0.717) is 0 Å². The first kappa shape index (κ1) is 9.69. The Balaban J connectivity index is 4.22. The number of aldehydes is 1. The summed E-state index contributed by atoms with van der Waals surface area (Å²) in [6, 6.07) is 0. The lowest BCUT2D eigenvalue weighted by molar-refractivity contribution is -0.104. The molecule has 0 spiro atoms. The first-order valence-corrected chi connectivity index (χ1v) is 3.32. The monoisotopic (exact) mass is 152 g/mol. The predicted octanol–water partition coefficient (Wildman–Crippen LogP) is 2.15. The van der Waals surface area contributed by atoms with Crippen molar-refractivity contribution in [2.45, 2.75) is 13.8 Å². The molecule has 0 saturated carbocycles. The number of carbonyl (C=O) groups is 1. The fourth-order valence-electron chi connectivity index (χ4n) is 0.636. The summed E-state index contributed by atoms with van der Waals surface area (Å²) in [6.07, 6.45) is 6.62. The van der Waals surface area contributed by atoms with Crippen molar-refractivity contribution < 1.29 is 9.90 Å². The van der Waals surface area contributed by atoms with Crippen LogP contribution in [0.5, 0.6) is 0 Å². The van der Waals surface area contributed by atoms with E-state index in [2.05, 4.69) is 0 Å². The highest BCUT2D eigenvalue weighted by Crippen LogP contribution is 2.01. The summed E-state index contributed by atoms with van der Waals surface area (Å²) in [5.74, 6) is 0. The molecule has 0 radical (unpaired) electrons.